The Balaban J connectivity index is 6.08. The van der Waals surface area contributed by atoms with Crippen LogP contribution >= 0.6 is 7.06 Å². The first kappa shape index (κ1) is 15.3. The molecule has 0 bridgehead atoms. The molecule has 0 aliphatic heterocycles. The average Bonchev–Trinajstić information content (AvgIpc) is 1.78. The zero-order chi connectivity index (χ0) is 12.9. The maximum absolute atomic E-state index is 11.2. The van der Waals surface area contributed by atoms with Crippen LogP contribution in [0.25, 0.3) is 0 Å². The molecule has 0 spiro atoms. The fraction of sp³-hybridized carbons (Fsp3) is 1.00. The predicted molar refractivity (Wildman–Crippen MR) is 70.6 cm³/mol. The first-order valence-electron chi connectivity index (χ1n) is 5.57. The van der Waals surface area contributed by atoms with Gasteiger partial charge >= 0.3 is 94.6 Å². The molecule has 0 aromatic rings. The summed E-state index contributed by atoms with van der Waals surface area (Å²) in [7, 11) is -3.84. The van der Waals surface area contributed by atoms with Gasteiger partial charge < -0.3 is 0 Å². The zero-order valence-electron chi connectivity index (χ0n) is 11.8. The molecular formula is C12H29O2P. The van der Waals surface area contributed by atoms with Gasteiger partial charge in [-0.05, 0) is 0 Å². The third-order valence-electron chi connectivity index (χ3n) is 3.81. The van der Waals surface area contributed by atoms with E-state index >= 15 is 0 Å². The van der Waals surface area contributed by atoms with Gasteiger partial charge in [-0.15, -0.1) is 0 Å². The molecule has 0 saturated carbocycles. The standard InChI is InChI=1S/C12H29O2P/c1-10(2,3)15(13,14,11(4,5)6)12(7,8)9/h13-14H,1-9H3. The first-order chi connectivity index (χ1) is 6.07. The molecule has 0 aromatic heterocycles. The molecule has 0 amide bonds. The Morgan fingerprint density at radius 1 is 0.533 bits per heavy atom. The van der Waals surface area contributed by atoms with Gasteiger partial charge in [0.05, 0.1) is 0 Å². The van der Waals surface area contributed by atoms with Crippen molar-refractivity contribution in [1.82, 2.24) is 0 Å². The van der Waals surface area contributed by atoms with Gasteiger partial charge in [-0.2, -0.15) is 0 Å². The van der Waals surface area contributed by atoms with E-state index in [-0.39, 0.29) is 0 Å². The van der Waals surface area contributed by atoms with Crippen LogP contribution in [-0.4, -0.2) is 25.3 Å². The van der Waals surface area contributed by atoms with E-state index in [0.29, 0.717) is 0 Å². The Hall–Kier alpha value is 0.350. The van der Waals surface area contributed by atoms with Gasteiger partial charge in [0, 0.05) is 0 Å². The second-order valence-electron chi connectivity index (χ2n) is 7.54. The molecule has 2 N–H and O–H groups in total. The molecule has 0 heterocycles. The van der Waals surface area contributed by atoms with E-state index in [4.69, 9.17) is 0 Å². The van der Waals surface area contributed by atoms with Crippen LogP contribution in [0.3, 0.4) is 0 Å². The Morgan fingerprint density at radius 2 is 0.667 bits per heavy atom. The van der Waals surface area contributed by atoms with Gasteiger partial charge in [-0.25, -0.2) is 0 Å². The Morgan fingerprint density at radius 3 is 0.667 bits per heavy atom. The van der Waals surface area contributed by atoms with Gasteiger partial charge in [0.1, 0.15) is 0 Å². The van der Waals surface area contributed by atoms with Crippen molar-refractivity contribution in [2.45, 2.75) is 77.8 Å². The van der Waals surface area contributed by atoms with Gasteiger partial charge in [-0.1, -0.05) is 0 Å². The summed E-state index contributed by atoms with van der Waals surface area (Å²) >= 11 is 0. The van der Waals surface area contributed by atoms with Crippen molar-refractivity contribution in [3.8, 4) is 0 Å². The molecule has 15 heavy (non-hydrogen) atoms. The minimum absolute atomic E-state index is 0.498. The number of hydrogen-bond donors (Lipinski definition) is 2. The zero-order valence-corrected chi connectivity index (χ0v) is 12.7. The molecule has 0 unspecified atom stereocenters. The van der Waals surface area contributed by atoms with Crippen molar-refractivity contribution in [3.63, 3.8) is 0 Å². The van der Waals surface area contributed by atoms with Crippen molar-refractivity contribution < 1.29 is 9.79 Å². The monoisotopic (exact) mass is 236 g/mol. The van der Waals surface area contributed by atoms with Crippen molar-refractivity contribution in [1.29, 1.82) is 0 Å². The van der Waals surface area contributed by atoms with Gasteiger partial charge in [0.15, 0.2) is 0 Å². The normalized spacial score (nSPS) is 18.5. The Bertz CT molecular complexity index is 205. The maximum atomic E-state index is 11.2. The molecule has 0 aromatic carbocycles. The topological polar surface area (TPSA) is 40.5 Å². The Labute approximate surface area is 95.2 Å². The molecule has 0 aliphatic rings. The summed E-state index contributed by atoms with van der Waals surface area (Å²) in [4.78, 5) is 22.3. The van der Waals surface area contributed by atoms with Gasteiger partial charge in [-0.3, -0.25) is 0 Å². The molecule has 0 rings (SSSR count). The van der Waals surface area contributed by atoms with Crippen LogP contribution in [0.1, 0.15) is 62.3 Å². The summed E-state index contributed by atoms with van der Waals surface area (Å²) in [5, 5.41) is -1.49. The summed E-state index contributed by atoms with van der Waals surface area (Å²) in [6.45, 7) is 17.4. The average molecular weight is 236 g/mol. The SMILES string of the molecule is CC(C)(C)P(O)(O)(C(C)(C)C)C(C)(C)C. The fourth-order valence-corrected chi connectivity index (χ4v) is 9.06. The van der Waals surface area contributed by atoms with Crippen molar-refractivity contribution in [2.24, 2.45) is 0 Å². The molecule has 0 radical (unpaired) electrons. The third kappa shape index (κ3) is 1.66. The van der Waals surface area contributed by atoms with E-state index in [1.54, 1.807) is 0 Å². The van der Waals surface area contributed by atoms with E-state index < -0.39 is 22.5 Å². The quantitative estimate of drug-likeness (QED) is 0.629. The molecule has 0 fully saturated rings. The van der Waals surface area contributed by atoms with Crippen molar-refractivity contribution in [2.75, 3.05) is 0 Å². The van der Waals surface area contributed by atoms with E-state index in [1.165, 1.54) is 0 Å². The number of rotatable bonds is 0. The predicted octanol–water partition coefficient (Wildman–Crippen LogP) is 3.75. The van der Waals surface area contributed by atoms with E-state index in [2.05, 4.69) is 0 Å². The molecule has 94 valence electrons. The second-order valence-corrected chi connectivity index (χ2v) is 13.6. The van der Waals surface area contributed by atoms with Crippen LogP contribution in [-0.2, 0) is 0 Å². The van der Waals surface area contributed by atoms with Gasteiger partial charge in [0.2, 0.25) is 0 Å². The first-order valence-corrected chi connectivity index (χ1v) is 7.71. The van der Waals surface area contributed by atoms with Crippen LogP contribution in [0.4, 0.5) is 0 Å². The fourth-order valence-electron chi connectivity index (χ4n) is 3.02. The van der Waals surface area contributed by atoms with E-state index in [0.717, 1.165) is 0 Å². The molecule has 0 aliphatic carbocycles. The van der Waals surface area contributed by atoms with Crippen LogP contribution in [0.5, 0.6) is 0 Å². The van der Waals surface area contributed by atoms with Crippen molar-refractivity contribution in [3.05, 3.63) is 0 Å². The molecule has 0 saturated heterocycles. The summed E-state index contributed by atoms with van der Waals surface area (Å²) in [5.41, 5.74) is 0. The summed E-state index contributed by atoms with van der Waals surface area (Å²) in [6, 6.07) is 0. The Kier molecular flexibility index (Phi) is 3.26. The molecule has 0 atom stereocenters. The molecular weight excluding hydrogens is 207 g/mol. The summed E-state index contributed by atoms with van der Waals surface area (Å²) in [6.07, 6.45) is 0. The summed E-state index contributed by atoms with van der Waals surface area (Å²) < 4.78 is 0. The van der Waals surface area contributed by atoms with Crippen LogP contribution < -0.4 is 0 Å². The molecule has 2 nitrogen and oxygen atoms in total. The van der Waals surface area contributed by atoms with Crippen LogP contribution in [0, 0.1) is 0 Å². The van der Waals surface area contributed by atoms with E-state index in [9.17, 15) is 9.79 Å². The minimum atomic E-state index is -3.84. The van der Waals surface area contributed by atoms with Crippen LogP contribution in [0.2, 0.25) is 0 Å². The van der Waals surface area contributed by atoms with Gasteiger partial charge in [0.25, 0.3) is 0 Å². The molecule has 3 heteroatoms. The van der Waals surface area contributed by atoms with Crippen LogP contribution in [0.15, 0.2) is 0 Å². The van der Waals surface area contributed by atoms with Crippen molar-refractivity contribution >= 4 is 7.06 Å². The number of hydrogen-bond acceptors (Lipinski definition) is 2. The van der Waals surface area contributed by atoms with E-state index in [1.807, 2.05) is 62.3 Å². The summed E-state index contributed by atoms with van der Waals surface area (Å²) in [5.74, 6) is 0. The second kappa shape index (κ2) is 3.18. The third-order valence-corrected chi connectivity index (χ3v) is 11.4.